The Bertz CT molecular complexity index is 344. The molecular weight excluding hydrogens is 246 g/mol. The van der Waals surface area contributed by atoms with Crippen molar-refractivity contribution in [2.24, 2.45) is 11.7 Å². The first kappa shape index (κ1) is 15.5. The zero-order valence-electron chi connectivity index (χ0n) is 12.0. The first-order valence-corrected chi connectivity index (χ1v) is 7.70. The maximum absolute atomic E-state index is 5.99. The molecule has 18 heavy (non-hydrogen) atoms. The third-order valence-corrected chi connectivity index (χ3v) is 4.45. The average Bonchev–Trinajstić information content (AvgIpc) is 2.73. The Kier molecular flexibility index (Phi) is 6.15. The Labute approximate surface area is 114 Å². The summed E-state index contributed by atoms with van der Waals surface area (Å²) >= 11 is 1.86. The van der Waals surface area contributed by atoms with Crippen LogP contribution in [0.3, 0.4) is 0 Å². The van der Waals surface area contributed by atoms with Crippen molar-refractivity contribution < 1.29 is 4.52 Å². The van der Waals surface area contributed by atoms with Gasteiger partial charge in [-0.3, -0.25) is 0 Å². The van der Waals surface area contributed by atoms with E-state index in [2.05, 4.69) is 37.8 Å². The number of hydrogen-bond acceptors (Lipinski definition) is 5. The summed E-state index contributed by atoms with van der Waals surface area (Å²) in [4.78, 5) is 4.48. The molecule has 0 radical (unpaired) electrons. The normalized spacial score (nSPS) is 16.8. The predicted molar refractivity (Wildman–Crippen MR) is 76.6 cm³/mol. The van der Waals surface area contributed by atoms with Crippen LogP contribution in [0.4, 0.5) is 0 Å². The highest BCUT2D eigenvalue weighted by Gasteiger charge is 2.26. The van der Waals surface area contributed by atoms with Gasteiger partial charge in [0.15, 0.2) is 5.82 Å². The SMILES string of the molecule is CCC(C)SCc1noc(C(C(C)C)C(C)N)n1. The van der Waals surface area contributed by atoms with E-state index in [-0.39, 0.29) is 12.0 Å². The molecule has 1 rings (SSSR count). The van der Waals surface area contributed by atoms with Crippen molar-refractivity contribution in [1.82, 2.24) is 10.1 Å². The van der Waals surface area contributed by atoms with Crippen LogP contribution in [-0.4, -0.2) is 21.4 Å². The Morgan fingerprint density at radius 1 is 1.28 bits per heavy atom. The second-order valence-electron chi connectivity index (χ2n) is 5.21. The minimum atomic E-state index is 0.0283. The molecule has 0 fully saturated rings. The lowest BCUT2D eigenvalue weighted by Gasteiger charge is -2.20. The van der Waals surface area contributed by atoms with Crippen LogP contribution in [0, 0.1) is 5.92 Å². The molecule has 4 nitrogen and oxygen atoms in total. The van der Waals surface area contributed by atoms with E-state index in [1.54, 1.807) is 0 Å². The van der Waals surface area contributed by atoms with Gasteiger partial charge in [0.2, 0.25) is 5.89 Å². The maximum atomic E-state index is 5.99. The third kappa shape index (κ3) is 4.28. The molecule has 3 atom stereocenters. The van der Waals surface area contributed by atoms with Crippen molar-refractivity contribution in [3.8, 4) is 0 Å². The van der Waals surface area contributed by atoms with Crippen molar-refractivity contribution in [2.75, 3.05) is 0 Å². The fourth-order valence-electron chi connectivity index (χ4n) is 1.91. The molecular formula is C13H25N3OS. The lowest BCUT2D eigenvalue weighted by Crippen LogP contribution is -2.28. The lowest BCUT2D eigenvalue weighted by atomic mass is 9.90. The van der Waals surface area contributed by atoms with Crippen LogP contribution in [-0.2, 0) is 5.75 Å². The zero-order chi connectivity index (χ0) is 13.7. The van der Waals surface area contributed by atoms with Gasteiger partial charge in [-0.1, -0.05) is 32.9 Å². The second-order valence-corrected chi connectivity index (χ2v) is 6.63. The van der Waals surface area contributed by atoms with Gasteiger partial charge in [-0.15, -0.1) is 0 Å². The Balaban J connectivity index is 2.66. The fraction of sp³-hybridized carbons (Fsp3) is 0.846. The first-order chi connectivity index (χ1) is 8.45. The number of thioether (sulfide) groups is 1. The smallest absolute Gasteiger partial charge is 0.231 e. The summed E-state index contributed by atoms with van der Waals surface area (Å²) in [6.07, 6.45) is 1.16. The van der Waals surface area contributed by atoms with Crippen LogP contribution in [0.15, 0.2) is 4.52 Å². The highest BCUT2D eigenvalue weighted by atomic mass is 32.2. The van der Waals surface area contributed by atoms with Gasteiger partial charge in [-0.05, 0) is 19.3 Å². The van der Waals surface area contributed by atoms with E-state index in [0.29, 0.717) is 17.1 Å². The van der Waals surface area contributed by atoms with Crippen LogP contribution in [0.25, 0.3) is 0 Å². The first-order valence-electron chi connectivity index (χ1n) is 6.65. The van der Waals surface area contributed by atoms with E-state index in [4.69, 9.17) is 10.3 Å². The molecule has 0 saturated carbocycles. The molecule has 0 aromatic carbocycles. The average molecular weight is 271 g/mol. The van der Waals surface area contributed by atoms with Crippen LogP contribution in [0.1, 0.15) is 58.7 Å². The number of aromatic nitrogens is 2. The molecule has 1 heterocycles. The monoisotopic (exact) mass is 271 g/mol. The highest BCUT2D eigenvalue weighted by Crippen LogP contribution is 2.26. The standard InChI is InChI=1S/C13H25N3OS/c1-6-9(4)18-7-11-15-13(17-16-11)12(8(2)3)10(5)14/h8-10,12H,6-7,14H2,1-5H3. The number of hydrogen-bond donors (Lipinski definition) is 1. The van der Waals surface area contributed by atoms with Gasteiger partial charge in [-0.25, -0.2) is 0 Å². The van der Waals surface area contributed by atoms with Gasteiger partial charge in [0, 0.05) is 11.3 Å². The number of rotatable bonds is 7. The molecule has 0 bridgehead atoms. The Morgan fingerprint density at radius 2 is 1.94 bits per heavy atom. The van der Waals surface area contributed by atoms with Gasteiger partial charge >= 0.3 is 0 Å². The van der Waals surface area contributed by atoms with Crippen LogP contribution >= 0.6 is 11.8 Å². The summed E-state index contributed by atoms with van der Waals surface area (Å²) in [7, 11) is 0. The second kappa shape index (κ2) is 7.14. The minimum absolute atomic E-state index is 0.0283. The summed E-state index contributed by atoms with van der Waals surface area (Å²) in [5, 5.41) is 4.67. The molecule has 5 heteroatoms. The molecule has 1 aromatic heterocycles. The summed E-state index contributed by atoms with van der Waals surface area (Å²) in [6, 6.07) is 0.0283. The van der Waals surface area contributed by atoms with E-state index in [1.807, 2.05) is 18.7 Å². The predicted octanol–water partition coefficient (Wildman–Crippen LogP) is 3.19. The summed E-state index contributed by atoms with van der Waals surface area (Å²) < 4.78 is 5.36. The van der Waals surface area contributed by atoms with Crippen molar-refractivity contribution in [1.29, 1.82) is 0 Å². The summed E-state index contributed by atoms with van der Waals surface area (Å²) in [5.41, 5.74) is 5.99. The molecule has 0 aliphatic carbocycles. The largest absolute Gasteiger partial charge is 0.339 e. The topological polar surface area (TPSA) is 64.9 Å². The molecule has 3 unspecified atom stereocenters. The van der Waals surface area contributed by atoms with Gasteiger partial charge in [0.1, 0.15) is 0 Å². The molecule has 0 aliphatic rings. The third-order valence-electron chi connectivity index (χ3n) is 3.13. The minimum Gasteiger partial charge on any atom is -0.339 e. The fourth-order valence-corrected chi connectivity index (χ4v) is 2.70. The van der Waals surface area contributed by atoms with Gasteiger partial charge < -0.3 is 10.3 Å². The number of nitrogens with zero attached hydrogens (tertiary/aromatic N) is 2. The van der Waals surface area contributed by atoms with Crippen LogP contribution in [0.2, 0.25) is 0 Å². The zero-order valence-corrected chi connectivity index (χ0v) is 12.8. The Hall–Kier alpha value is -0.550. The molecule has 0 saturated heterocycles. The molecule has 2 N–H and O–H groups in total. The summed E-state index contributed by atoms with van der Waals surface area (Å²) in [5.74, 6) is 2.81. The van der Waals surface area contributed by atoms with E-state index in [0.717, 1.165) is 18.0 Å². The van der Waals surface area contributed by atoms with Gasteiger partial charge in [0.25, 0.3) is 0 Å². The van der Waals surface area contributed by atoms with Gasteiger partial charge in [-0.2, -0.15) is 16.7 Å². The van der Waals surface area contributed by atoms with Crippen molar-refractivity contribution in [3.63, 3.8) is 0 Å². The van der Waals surface area contributed by atoms with Crippen molar-refractivity contribution in [2.45, 2.75) is 64.0 Å². The molecule has 0 spiro atoms. The number of nitrogens with two attached hydrogens (primary N) is 1. The van der Waals surface area contributed by atoms with E-state index < -0.39 is 0 Å². The lowest BCUT2D eigenvalue weighted by molar-refractivity contribution is 0.299. The molecule has 1 aromatic rings. The van der Waals surface area contributed by atoms with Crippen molar-refractivity contribution in [3.05, 3.63) is 11.7 Å². The summed E-state index contributed by atoms with van der Waals surface area (Å²) in [6.45, 7) is 10.6. The van der Waals surface area contributed by atoms with Gasteiger partial charge in [0.05, 0.1) is 11.7 Å². The van der Waals surface area contributed by atoms with Crippen LogP contribution in [0.5, 0.6) is 0 Å². The molecule has 0 amide bonds. The molecule has 104 valence electrons. The Morgan fingerprint density at radius 3 is 2.44 bits per heavy atom. The quantitative estimate of drug-likeness (QED) is 0.825. The maximum Gasteiger partial charge on any atom is 0.231 e. The van der Waals surface area contributed by atoms with Crippen molar-refractivity contribution >= 4 is 11.8 Å². The van der Waals surface area contributed by atoms with E-state index in [9.17, 15) is 0 Å². The van der Waals surface area contributed by atoms with Crippen LogP contribution < -0.4 is 5.73 Å². The highest BCUT2D eigenvalue weighted by molar-refractivity contribution is 7.99. The van der Waals surface area contributed by atoms with E-state index in [1.165, 1.54) is 0 Å². The van der Waals surface area contributed by atoms with E-state index >= 15 is 0 Å². The molecule has 0 aliphatic heterocycles.